The van der Waals surface area contributed by atoms with Crippen LogP contribution in [0.3, 0.4) is 0 Å². The Balaban J connectivity index is 0.00000364. The number of benzene rings is 1. The molecule has 28 heavy (non-hydrogen) atoms. The maximum absolute atomic E-state index is 13.3. The number of halogens is 5. The van der Waals surface area contributed by atoms with Gasteiger partial charge in [-0.2, -0.15) is 13.2 Å². The molecule has 0 spiro atoms. The number of nitrogens with one attached hydrogen (secondary N) is 3. The van der Waals surface area contributed by atoms with Crippen LogP contribution in [0.15, 0.2) is 30.3 Å². The van der Waals surface area contributed by atoms with E-state index >= 15 is 0 Å². The summed E-state index contributed by atoms with van der Waals surface area (Å²) in [4.78, 5) is 12.1. The van der Waals surface area contributed by atoms with Gasteiger partial charge in [-0.1, -0.05) is 30.3 Å². The van der Waals surface area contributed by atoms with Crippen molar-refractivity contribution in [1.29, 1.82) is 0 Å². The minimum absolute atomic E-state index is 0. The summed E-state index contributed by atoms with van der Waals surface area (Å²) in [6.45, 7) is 2.17. The number of methoxy groups -OCH3 is 1. The van der Waals surface area contributed by atoms with Gasteiger partial charge in [-0.05, 0) is 31.5 Å². The van der Waals surface area contributed by atoms with E-state index < -0.39 is 24.7 Å². The predicted octanol–water partition coefficient (Wildman–Crippen LogP) is 2.86. The first-order valence-corrected chi connectivity index (χ1v) is 8.68. The fourth-order valence-electron chi connectivity index (χ4n) is 3.25. The average molecular weight is 446 g/mol. The van der Waals surface area contributed by atoms with Crippen LogP contribution < -0.4 is 16.0 Å². The Morgan fingerprint density at radius 3 is 2.36 bits per heavy atom. The number of carbonyl (C=O) groups is 1. The third-order valence-corrected chi connectivity index (χ3v) is 4.70. The number of alkyl halides is 3. The summed E-state index contributed by atoms with van der Waals surface area (Å²) in [5.74, 6) is -0.454. The van der Waals surface area contributed by atoms with Gasteiger partial charge in [0.15, 0.2) is 0 Å². The summed E-state index contributed by atoms with van der Waals surface area (Å²) < 4.78 is 45.1. The Hall–Kier alpha value is -1.06. The monoisotopic (exact) mass is 445 g/mol. The Kier molecular flexibility index (Phi) is 12.0. The molecule has 1 amide bonds. The average Bonchev–Trinajstić information content (AvgIpc) is 2.61. The van der Waals surface area contributed by atoms with Crippen molar-refractivity contribution in [2.45, 2.75) is 25.1 Å². The molecule has 1 unspecified atom stereocenters. The van der Waals surface area contributed by atoms with Gasteiger partial charge in [-0.15, -0.1) is 24.8 Å². The zero-order valence-corrected chi connectivity index (χ0v) is 17.3. The Morgan fingerprint density at radius 2 is 1.82 bits per heavy atom. The second-order valence-corrected chi connectivity index (χ2v) is 6.73. The third-order valence-electron chi connectivity index (χ3n) is 4.70. The second-order valence-electron chi connectivity index (χ2n) is 6.73. The van der Waals surface area contributed by atoms with Crippen LogP contribution in [0.1, 0.15) is 24.4 Å². The van der Waals surface area contributed by atoms with E-state index in [1.54, 1.807) is 25.3 Å². The highest BCUT2D eigenvalue weighted by atomic mass is 35.5. The van der Waals surface area contributed by atoms with E-state index in [0.717, 1.165) is 25.9 Å². The van der Waals surface area contributed by atoms with E-state index in [9.17, 15) is 18.0 Å². The van der Waals surface area contributed by atoms with Crippen LogP contribution in [0.2, 0.25) is 0 Å². The highest BCUT2D eigenvalue weighted by molar-refractivity contribution is 5.85. The maximum atomic E-state index is 13.3. The third kappa shape index (κ3) is 8.13. The standard InChI is InChI=1S/C18H26F3N3O2.2ClH/c1-26-13-17(7-9-22-10-8-17)12-24-15(25)11-23-16(18(19,20)21)14-5-3-2-4-6-14;;/h2-6,16,22-23H,7-13H2,1H3,(H,24,25);2*1H. The van der Waals surface area contributed by atoms with Gasteiger partial charge in [-0.3, -0.25) is 10.1 Å². The van der Waals surface area contributed by atoms with Gasteiger partial charge in [0.2, 0.25) is 5.91 Å². The van der Waals surface area contributed by atoms with Gasteiger partial charge in [0.05, 0.1) is 13.2 Å². The van der Waals surface area contributed by atoms with Crippen molar-refractivity contribution in [3.63, 3.8) is 0 Å². The first-order chi connectivity index (χ1) is 12.4. The molecule has 1 fully saturated rings. The molecule has 2 rings (SSSR count). The van der Waals surface area contributed by atoms with E-state index in [1.165, 1.54) is 12.1 Å². The molecule has 1 saturated heterocycles. The quantitative estimate of drug-likeness (QED) is 0.575. The van der Waals surface area contributed by atoms with E-state index in [2.05, 4.69) is 16.0 Å². The molecule has 162 valence electrons. The van der Waals surface area contributed by atoms with Gasteiger partial charge >= 0.3 is 6.18 Å². The normalized spacial score (nSPS) is 17.0. The lowest BCUT2D eigenvalue weighted by Crippen LogP contribution is -2.49. The molecule has 0 radical (unpaired) electrons. The molecule has 1 aromatic carbocycles. The van der Waals surface area contributed by atoms with Gasteiger partial charge in [0.25, 0.3) is 0 Å². The first kappa shape index (κ1) is 26.9. The SMILES string of the molecule is COCC1(CNC(=O)CNC(c2ccccc2)C(F)(F)F)CCNCC1.Cl.Cl. The molecule has 0 saturated carbocycles. The van der Waals surface area contributed by atoms with Crippen LogP contribution in [-0.2, 0) is 9.53 Å². The van der Waals surface area contributed by atoms with E-state index in [4.69, 9.17) is 4.74 Å². The number of ether oxygens (including phenoxy) is 1. The maximum Gasteiger partial charge on any atom is 0.407 e. The second kappa shape index (κ2) is 12.5. The molecule has 0 aliphatic carbocycles. The van der Waals surface area contributed by atoms with Crippen LogP contribution in [0.4, 0.5) is 13.2 Å². The Bertz CT molecular complexity index is 565. The summed E-state index contributed by atoms with van der Waals surface area (Å²) in [6, 6.07) is 5.65. The Morgan fingerprint density at radius 1 is 1.21 bits per heavy atom. The lowest BCUT2D eigenvalue weighted by Gasteiger charge is -2.37. The van der Waals surface area contributed by atoms with Crippen molar-refractivity contribution in [2.24, 2.45) is 5.41 Å². The minimum atomic E-state index is -4.48. The molecule has 1 aliphatic heterocycles. The van der Waals surface area contributed by atoms with E-state index in [-0.39, 0.29) is 35.8 Å². The number of piperidine rings is 1. The molecule has 1 aliphatic rings. The molecular formula is C18H28Cl2F3N3O2. The van der Waals surface area contributed by atoms with Crippen molar-refractivity contribution in [2.75, 3.05) is 39.9 Å². The lowest BCUT2D eigenvalue weighted by atomic mass is 9.79. The molecule has 3 N–H and O–H groups in total. The predicted molar refractivity (Wildman–Crippen MR) is 107 cm³/mol. The van der Waals surface area contributed by atoms with Gasteiger partial charge in [0, 0.05) is 19.1 Å². The minimum Gasteiger partial charge on any atom is -0.384 e. The number of amides is 1. The number of carbonyl (C=O) groups excluding carboxylic acids is 1. The van der Waals surface area contributed by atoms with Crippen LogP contribution in [0.25, 0.3) is 0 Å². The van der Waals surface area contributed by atoms with Crippen LogP contribution in [0.5, 0.6) is 0 Å². The molecule has 5 nitrogen and oxygen atoms in total. The fourth-order valence-corrected chi connectivity index (χ4v) is 3.25. The summed E-state index contributed by atoms with van der Waals surface area (Å²) in [7, 11) is 1.61. The lowest BCUT2D eigenvalue weighted by molar-refractivity contribution is -0.158. The summed E-state index contributed by atoms with van der Waals surface area (Å²) >= 11 is 0. The van der Waals surface area contributed by atoms with Gasteiger partial charge < -0.3 is 15.4 Å². The van der Waals surface area contributed by atoms with Crippen LogP contribution >= 0.6 is 24.8 Å². The van der Waals surface area contributed by atoms with Crippen molar-refractivity contribution in [3.8, 4) is 0 Å². The molecule has 0 bridgehead atoms. The highest BCUT2D eigenvalue weighted by Crippen LogP contribution is 2.32. The van der Waals surface area contributed by atoms with Crippen LogP contribution in [0, 0.1) is 5.41 Å². The topological polar surface area (TPSA) is 62.4 Å². The molecular weight excluding hydrogens is 418 g/mol. The smallest absolute Gasteiger partial charge is 0.384 e. The zero-order chi connectivity index (χ0) is 19.0. The van der Waals surface area contributed by atoms with Crippen molar-refractivity contribution in [1.82, 2.24) is 16.0 Å². The van der Waals surface area contributed by atoms with Gasteiger partial charge in [-0.25, -0.2) is 0 Å². The molecule has 1 aromatic rings. The van der Waals surface area contributed by atoms with Crippen molar-refractivity contribution < 1.29 is 22.7 Å². The van der Waals surface area contributed by atoms with Gasteiger partial charge in [0.1, 0.15) is 6.04 Å². The molecule has 1 heterocycles. The number of hydrogen-bond donors (Lipinski definition) is 3. The highest BCUT2D eigenvalue weighted by Gasteiger charge is 2.40. The Labute approximate surface area is 176 Å². The molecule has 10 heteroatoms. The molecule has 1 atom stereocenters. The summed E-state index contributed by atoms with van der Waals surface area (Å²) in [5, 5.41) is 8.34. The molecule has 0 aromatic heterocycles. The summed E-state index contributed by atoms with van der Waals surface area (Å²) in [5.41, 5.74) is -0.0829. The van der Waals surface area contributed by atoms with Crippen molar-refractivity contribution in [3.05, 3.63) is 35.9 Å². The first-order valence-electron chi connectivity index (χ1n) is 8.68. The number of rotatable bonds is 8. The van der Waals surface area contributed by atoms with E-state index in [0.29, 0.717) is 13.2 Å². The number of hydrogen-bond acceptors (Lipinski definition) is 4. The van der Waals surface area contributed by atoms with E-state index in [1.807, 2.05) is 0 Å². The van der Waals surface area contributed by atoms with Crippen LogP contribution in [-0.4, -0.2) is 52.0 Å². The largest absolute Gasteiger partial charge is 0.407 e. The zero-order valence-electron chi connectivity index (χ0n) is 15.7. The fraction of sp³-hybridized carbons (Fsp3) is 0.611. The van der Waals surface area contributed by atoms with Crippen molar-refractivity contribution >= 4 is 30.7 Å². The summed E-state index contributed by atoms with van der Waals surface area (Å²) in [6.07, 6.45) is -2.78.